The smallest absolute Gasteiger partial charge is 0.263 e. The van der Waals surface area contributed by atoms with Crippen LogP contribution in [0.2, 0.25) is 0 Å². The van der Waals surface area contributed by atoms with Crippen LogP contribution in [0, 0.1) is 0 Å². The second-order valence-corrected chi connectivity index (χ2v) is 4.76. The minimum Gasteiger partial charge on any atom is -0.493 e. The van der Waals surface area contributed by atoms with E-state index < -0.39 is 0 Å². The van der Waals surface area contributed by atoms with E-state index in [4.69, 9.17) is 9.47 Å². The van der Waals surface area contributed by atoms with E-state index in [1.807, 2.05) is 12.1 Å². The van der Waals surface area contributed by atoms with E-state index >= 15 is 0 Å². The van der Waals surface area contributed by atoms with Gasteiger partial charge in [0.1, 0.15) is 5.82 Å². The molecule has 0 aliphatic rings. The van der Waals surface area contributed by atoms with E-state index in [1.165, 1.54) is 0 Å². The van der Waals surface area contributed by atoms with Gasteiger partial charge in [-0.3, -0.25) is 4.79 Å². The summed E-state index contributed by atoms with van der Waals surface area (Å²) in [6.45, 7) is -0.117. The Kier molecular flexibility index (Phi) is 4.95. The van der Waals surface area contributed by atoms with Crippen molar-refractivity contribution < 1.29 is 14.3 Å². The predicted molar refractivity (Wildman–Crippen MR) is 79.1 cm³/mol. The second-order valence-electron chi connectivity index (χ2n) is 3.85. The summed E-state index contributed by atoms with van der Waals surface area (Å²) in [5, 5.41) is 2.64. The van der Waals surface area contributed by atoms with Gasteiger partial charge in [-0.1, -0.05) is 28.1 Å². The molecule has 1 amide bonds. The number of amides is 1. The summed E-state index contributed by atoms with van der Waals surface area (Å²) in [7, 11) is 1.55. The molecule has 1 heterocycles. The van der Waals surface area contributed by atoms with Crippen molar-refractivity contribution in [2.45, 2.75) is 0 Å². The lowest BCUT2D eigenvalue weighted by atomic mass is 10.3. The third-order valence-corrected chi connectivity index (χ3v) is 2.91. The Morgan fingerprint density at radius 1 is 1.30 bits per heavy atom. The molecule has 104 valence electrons. The largest absolute Gasteiger partial charge is 0.493 e. The standard InChI is InChI=1S/C14H13BrN2O3/c1-19-11-4-2-3-5-12(11)20-9-14(18)17-13-8-10(15)6-7-16-13/h2-8H,9H2,1H3,(H,16,17,18). The first-order valence-corrected chi connectivity index (χ1v) is 6.65. The molecule has 6 heteroatoms. The molecule has 1 aromatic heterocycles. The van der Waals surface area contributed by atoms with Crippen molar-refractivity contribution in [3.8, 4) is 11.5 Å². The van der Waals surface area contributed by atoms with Crippen molar-refractivity contribution in [3.05, 3.63) is 47.1 Å². The molecule has 0 aliphatic carbocycles. The molecule has 2 rings (SSSR count). The van der Waals surface area contributed by atoms with Crippen molar-refractivity contribution >= 4 is 27.7 Å². The summed E-state index contributed by atoms with van der Waals surface area (Å²) in [6, 6.07) is 10.6. The number of nitrogens with one attached hydrogen (secondary N) is 1. The van der Waals surface area contributed by atoms with Gasteiger partial charge >= 0.3 is 0 Å². The molecule has 0 saturated heterocycles. The number of hydrogen-bond donors (Lipinski definition) is 1. The molecule has 1 N–H and O–H groups in total. The van der Waals surface area contributed by atoms with Gasteiger partial charge in [0, 0.05) is 10.7 Å². The molecule has 0 spiro atoms. The van der Waals surface area contributed by atoms with Gasteiger partial charge in [0.15, 0.2) is 18.1 Å². The van der Waals surface area contributed by atoms with E-state index in [0.717, 1.165) is 4.47 Å². The van der Waals surface area contributed by atoms with Crippen LogP contribution in [0.25, 0.3) is 0 Å². The Morgan fingerprint density at radius 3 is 2.75 bits per heavy atom. The second kappa shape index (κ2) is 6.91. The first-order valence-electron chi connectivity index (χ1n) is 5.86. The van der Waals surface area contributed by atoms with Gasteiger partial charge in [-0.2, -0.15) is 0 Å². The molecule has 0 atom stereocenters. The number of para-hydroxylation sites is 2. The highest BCUT2D eigenvalue weighted by Crippen LogP contribution is 2.25. The van der Waals surface area contributed by atoms with Gasteiger partial charge < -0.3 is 14.8 Å². The Balaban J connectivity index is 1.92. The van der Waals surface area contributed by atoms with Crippen molar-refractivity contribution in [1.82, 2.24) is 4.98 Å². The fourth-order valence-electron chi connectivity index (χ4n) is 1.53. The number of ether oxygens (including phenoxy) is 2. The lowest BCUT2D eigenvalue weighted by Gasteiger charge is -2.10. The zero-order chi connectivity index (χ0) is 14.4. The minimum absolute atomic E-state index is 0.117. The molecular weight excluding hydrogens is 324 g/mol. The van der Waals surface area contributed by atoms with Crippen LogP contribution < -0.4 is 14.8 Å². The molecule has 0 fully saturated rings. The van der Waals surface area contributed by atoms with E-state index in [2.05, 4.69) is 26.2 Å². The summed E-state index contributed by atoms with van der Waals surface area (Å²) >= 11 is 3.31. The molecule has 0 aliphatic heterocycles. The van der Waals surface area contributed by atoms with Crippen molar-refractivity contribution in [2.24, 2.45) is 0 Å². The van der Waals surface area contributed by atoms with Crippen molar-refractivity contribution in [2.75, 3.05) is 19.0 Å². The molecule has 0 saturated carbocycles. The number of nitrogens with zero attached hydrogens (tertiary/aromatic N) is 1. The molecule has 0 unspecified atom stereocenters. The van der Waals surface area contributed by atoms with Crippen LogP contribution in [0.1, 0.15) is 0 Å². The Morgan fingerprint density at radius 2 is 2.05 bits per heavy atom. The van der Waals surface area contributed by atoms with Gasteiger partial charge in [-0.05, 0) is 24.3 Å². The van der Waals surface area contributed by atoms with Gasteiger partial charge in [0.2, 0.25) is 0 Å². The summed E-state index contributed by atoms with van der Waals surface area (Å²) in [4.78, 5) is 15.8. The maximum absolute atomic E-state index is 11.8. The highest BCUT2D eigenvalue weighted by molar-refractivity contribution is 9.10. The first kappa shape index (κ1) is 14.3. The fraction of sp³-hybridized carbons (Fsp3) is 0.143. The third-order valence-electron chi connectivity index (χ3n) is 2.42. The van der Waals surface area contributed by atoms with Gasteiger partial charge in [0.05, 0.1) is 7.11 Å². The number of pyridine rings is 1. The van der Waals surface area contributed by atoms with Crippen LogP contribution in [-0.4, -0.2) is 24.6 Å². The van der Waals surface area contributed by atoms with Crippen LogP contribution in [-0.2, 0) is 4.79 Å². The number of anilines is 1. The van der Waals surface area contributed by atoms with E-state index in [1.54, 1.807) is 37.6 Å². The topological polar surface area (TPSA) is 60.5 Å². The quantitative estimate of drug-likeness (QED) is 0.911. The SMILES string of the molecule is COc1ccccc1OCC(=O)Nc1cc(Br)ccn1. The highest BCUT2D eigenvalue weighted by Gasteiger charge is 2.07. The maximum Gasteiger partial charge on any atom is 0.263 e. The van der Waals surface area contributed by atoms with E-state index in [9.17, 15) is 4.79 Å². The molecule has 0 bridgehead atoms. The van der Waals surface area contributed by atoms with Crippen molar-refractivity contribution in [3.63, 3.8) is 0 Å². The lowest BCUT2D eigenvalue weighted by molar-refractivity contribution is -0.118. The minimum atomic E-state index is -0.290. The fourth-order valence-corrected chi connectivity index (χ4v) is 1.87. The van der Waals surface area contributed by atoms with E-state index in [0.29, 0.717) is 17.3 Å². The Hall–Kier alpha value is -2.08. The van der Waals surface area contributed by atoms with Crippen molar-refractivity contribution in [1.29, 1.82) is 0 Å². The van der Waals surface area contributed by atoms with Gasteiger partial charge in [-0.15, -0.1) is 0 Å². The molecule has 0 radical (unpaired) electrons. The van der Waals surface area contributed by atoms with E-state index in [-0.39, 0.29) is 12.5 Å². The lowest BCUT2D eigenvalue weighted by Crippen LogP contribution is -2.20. The highest BCUT2D eigenvalue weighted by atomic mass is 79.9. The summed E-state index contributed by atoms with van der Waals surface area (Å²) in [5.74, 6) is 1.28. The number of carbonyl (C=O) groups is 1. The number of benzene rings is 1. The predicted octanol–water partition coefficient (Wildman–Crippen LogP) is 2.87. The monoisotopic (exact) mass is 336 g/mol. The average molecular weight is 337 g/mol. The van der Waals surface area contributed by atoms with Gasteiger partial charge in [0.25, 0.3) is 5.91 Å². The van der Waals surface area contributed by atoms with Crippen LogP contribution in [0.15, 0.2) is 47.1 Å². The van der Waals surface area contributed by atoms with Crippen LogP contribution in [0.5, 0.6) is 11.5 Å². The average Bonchev–Trinajstić information content (AvgIpc) is 2.45. The molecular formula is C14H13BrN2O3. The summed E-state index contributed by atoms with van der Waals surface area (Å²) < 4.78 is 11.4. The number of carbonyl (C=O) groups excluding carboxylic acids is 1. The zero-order valence-corrected chi connectivity index (χ0v) is 12.4. The number of hydrogen-bond acceptors (Lipinski definition) is 4. The summed E-state index contributed by atoms with van der Waals surface area (Å²) in [6.07, 6.45) is 1.60. The summed E-state index contributed by atoms with van der Waals surface area (Å²) in [5.41, 5.74) is 0. The Bertz CT molecular complexity index is 604. The molecule has 1 aromatic carbocycles. The number of halogens is 1. The normalized spacial score (nSPS) is 9.90. The zero-order valence-electron chi connectivity index (χ0n) is 10.8. The van der Waals surface area contributed by atoms with Crippen LogP contribution in [0.3, 0.4) is 0 Å². The third kappa shape index (κ3) is 3.96. The van der Waals surface area contributed by atoms with Crippen LogP contribution >= 0.6 is 15.9 Å². The molecule has 5 nitrogen and oxygen atoms in total. The van der Waals surface area contributed by atoms with Gasteiger partial charge in [-0.25, -0.2) is 4.98 Å². The number of methoxy groups -OCH3 is 1. The molecule has 20 heavy (non-hydrogen) atoms. The Labute approximate surface area is 125 Å². The first-order chi connectivity index (χ1) is 9.69. The maximum atomic E-state index is 11.8. The number of aromatic nitrogens is 1. The number of rotatable bonds is 5. The molecule has 2 aromatic rings. The van der Waals surface area contributed by atoms with Crippen LogP contribution in [0.4, 0.5) is 5.82 Å².